The maximum absolute atomic E-state index is 5.93. The first-order chi connectivity index (χ1) is 7.62. The number of para-hydroxylation sites is 1. The minimum atomic E-state index is -0.246. The molecule has 1 heterocycles. The second kappa shape index (κ2) is 4.44. The van der Waals surface area contributed by atoms with Crippen molar-refractivity contribution in [1.82, 2.24) is 5.32 Å². The Morgan fingerprint density at radius 2 is 2.19 bits per heavy atom. The van der Waals surface area contributed by atoms with Crippen LogP contribution >= 0.6 is 0 Å². The highest BCUT2D eigenvalue weighted by Gasteiger charge is 2.33. The second-order valence-corrected chi connectivity index (χ2v) is 4.47. The summed E-state index contributed by atoms with van der Waals surface area (Å²) in [6.45, 7) is 7.58. The summed E-state index contributed by atoms with van der Waals surface area (Å²) in [7, 11) is 0. The number of nitrogens with one attached hydrogen (secondary N) is 1. The van der Waals surface area contributed by atoms with Crippen molar-refractivity contribution in [2.24, 2.45) is 0 Å². The third-order valence-electron chi connectivity index (χ3n) is 2.72. The molecule has 1 N–H and O–H groups in total. The molecule has 0 radical (unpaired) electrons. The average molecular weight is 221 g/mol. The van der Waals surface area contributed by atoms with Gasteiger partial charge < -0.3 is 9.47 Å². The van der Waals surface area contributed by atoms with Gasteiger partial charge in [-0.3, -0.25) is 5.32 Å². The molecular weight excluding hydrogens is 202 g/mol. The van der Waals surface area contributed by atoms with Gasteiger partial charge in [-0.1, -0.05) is 18.2 Å². The van der Waals surface area contributed by atoms with Gasteiger partial charge in [0.15, 0.2) is 0 Å². The van der Waals surface area contributed by atoms with E-state index in [1.54, 1.807) is 0 Å². The molecule has 1 aliphatic rings. The van der Waals surface area contributed by atoms with Crippen LogP contribution in [0.2, 0.25) is 0 Å². The molecule has 0 aromatic heterocycles. The first kappa shape index (κ1) is 11.4. The van der Waals surface area contributed by atoms with E-state index in [0.717, 1.165) is 17.9 Å². The minimum absolute atomic E-state index is 0.0812. The van der Waals surface area contributed by atoms with Gasteiger partial charge in [0.25, 0.3) is 0 Å². The molecule has 3 heteroatoms. The summed E-state index contributed by atoms with van der Waals surface area (Å²) in [5, 5.41) is 3.34. The smallest absolute Gasteiger partial charge is 0.125 e. The maximum atomic E-state index is 5.93. The highest BCUT2D eigenvalue weighted by Crippen LogP contribution is 2.33. The monoisotopic (exact) mass is 221 g/mol. The first-order valence-corrected chi connectivity index (χ1v) is 5.77. The summed E-state index contributed by atoms with van der Waals surface area (Å²) < 4.78 is 11.5. The lowest BCUT2D eigenvalue weighted by Gasteiger charge is -2.20. The van der Waals surface area contributed by atoms with Crippen molar-refractivity contribution in [3.8, 4) is 5.75 Å². The average Bonchev–Trinajstić information content (AvgIpc) is 2.60. The van der Waals surface area contributed by atoms with E-state index in [-0.39, 0.29) is 11.8 Å². The zero-order chi connectivity index (χ0) is 11.6. The van der Waals surface area contributed by atoms with Crippen LogP contribution in [0.4, 0.5) is 0 Å². The Hall–Kier alpha value is -1.06. The number of rotatable bonds is 3. The quantitative estimate of drug-likeness (QED) is 0.850. The first-order valence-electron chi connectivity index (χ1n) is 5.77. The molecule has 0 amide bonds. The van der Waals surface area contributed by atoms with E-state index in [1.165, 1.54) is 0 Å². The van der Waals surface area contributed by atoms with Crippen LogP contribution in [0.1, 0.15) is 32.4 Å². The van der Waals surface area contributed by atoms with Crippen LogP contribution < -0.4 is 10.1 Å². The number of hydrogen-bond acceptors (Lipinski definition) is 3. The molecule has 0 spiro atoms. The topological polar surface area (TPSA) is 30.5 Å². The number of ether oxygens (including phenoxy) is 2. The third kappa shape index (κ3) is 2.36. The number of benzene rings is 1. The third-order valence-corrected chi connectivity index (χ3v) is 2.72. The molecule has 0 aliphatic carbocycles. The van der Waals surface area contributed by atoms with Gasteiger partial charge in [0.05, 0.1) is 6.61 Å². The van der Waals surface area contributed by atoms with Crippen molar-refractivity contribution in [3.63, 3.8) is 0 Å². The van der Waals surface area contributed by atoms with Crippen molar-refractivity contribution in [3.05, 3.63) is 29.8 Å². The van der Waals surface area contributed by atoms with Gasteiger partial charge in [-0.05, 0) is 26.8 Å². The standard InChI is InChI=1S/C13H19NO2/c1-4-15-11-8-6-5-7-10(11)12-9-14-13(2,3)16-12/h5-8,12,14H,4,9H2,1-3H3. The molecular formula is C13H19NO2. The molecule has 2 rings (SSSR count). The van der Waals surface area contributed by atoms with Gasteiger partial charge in [-0.15, -0.1) is 0 Å². The Balaban J connectivity index is 2.20. The molecule has 16 heavy (non-hydrogen) atoms. The molecule has 1 saturated heterocycles. The van der Waals surface area contributed by atoms with Gasteiger partial charge in [-0.25, -0.2) is 0 Å². The fourth-order valence-corrected chi connectivity index (χ4v) is 1.98. The molecule has 3 nitrogen and oxygen atoms in total. The largest absolute Gasteiger partial charge is 0.493 e. The minimum Gasteiger partial charge on any atom is -0.493 e. The lowest BCUT2D eigenvalue weighted by molar-refractivity contribution is -0.0249. The van der Waals surface area contributed by atoms with Crippen LogP contribution in [-0.2, 0) is 4.74 Å². The summed E-state index contributed by atoms with van der Waals surface area (Å²) >= 11 is 0. The summed E-state index contributed by atoms with van der Waals surface area (Å²) in [4.78, 5) is 0. The summed E-state index contributed by atoms with van der Waals surface area (Å²) in [5.74, 6) is 0.925. The van der Waals surface area contributed by atoms with Crippen molar-refractivity contribution in [2.45, 2.75) is 32.6 Å². The van der Waals surface area contributed by atoms with E-state index >= 15 is 0 Å². The van der Waals surface area contributed by atoms with E-state index in [2.05, 4.69) is 11.4 Å². The molecule has 0 saturated carbocycles. The van der Waals surface area contributed by atoms with Crippen LogP contribution in [0.5, 0.6) is 5.75 Å². The van der Waals surface area contributed by atoms with Gasteiger partial charge in [0.1, 0.15) is 17.6 Å². The van der Waals surface area contributed by atoms with Crippen LogP contribution in [-0.4, -0.2) is 18.9 Å². The van der Waals surface area contributed by atoms with Gasteiger partial charge in [0, 0.05) is 12.1 Å². The van der Waals surface area contributed by atoms with Crippen LogP contribution in [0.25, 0.3) is 0 Å². The Bertz CT molecular complexity index is 363. The van der Waals surface area contributed by atoms with Gasteiger partial charge >= 0.3 is 0 Å². The second-order valence-electron chi connectivity index (χ2n) is 4.47. The van der Waals surface area contributed by atoms with E-state index in [0.29, 0.717) is 6.61 Å². The molecule has 1 fully saturated rings. The molecule has 1 unspecified atom stereocenters. The van der Waals surface area contributed by atoms with E-state index in [4.69, 9.17) is 9.47 Å². The SMILES string of the molecule is CCOc1ccccc1C1CNC(C)(C)O1. The highest BCUT2D eigenvalue weighted by molar-refractivity contribution is 5.36. The normalized spacial score (nSPS) is 23.3. The van der Waals surface area contributed by atoms with E-state index < -0.39 is 0 Å². The number of hydrogen-bond donors (Lipinski definition) is 1. The van der Waals surface area contributed by atoms with Gasteiger partial charge in [-0.2, -0.15) is 0 Å². The molecule has 1 aliphatic heterocycles. The molecule has 88 valence electrons. The van der Waals surface area contributed by atoms with Crippen LogP contribution in [0, 0.1) is 0 Å². The Morgan fingerprint density at radius 1 is 1.44 bits per heavy atom. The zero-order valence-electron chi connectivity index (χ0n) is 10.1. The highest BCUT2D eigenvalue weighted by atomic mass is 16.5. The van der Waals surface area contributed by atoms with E-state index in [9.17, 15) is 0 Å². The van der Waals surface area contributed by atoms with Crippen LogP contribution in [0.15, 0.2) is 24.3 Å². The molecule has 1 aromatic rings. The fraction of sp³-hybridized carbons (Fsp3) is 0.538. The van der Waals surface area contributed by atoms with E-state index in [1.807, 2.05) is 39.0 Å². The lowest BCUT2D eigenvalue weighted by Crippen LogP contribution is -2.33. The lowest BCUT2D eigenvalue weighted by atomic mass is 10.1. The predicted octanol–water partition coefficient (Wildman–Crippen LogP) is 2.48. The van der Waals surface area contributed by atoms with Crippen LogP contribution in [0.3, 0.4) is 0 Å². The Kier molecular flexibility index (Phi) is 3.17. The van der Waals surface area contributed by atoms with Gasteiger partial charge in [0.2, 0.25) is 0 Å². The van der Waals surface area contributed by atoms with Crippen molar-refractivity contribution < 1.29 is 9.47 Å². The maximum Gasteiger partial charge on any atom is 0.125 e. The Morgan fingerprint density at radius 3 is 2.81 bits per heavy atom. The van der Waals surface area contributed by atoms with Crippen molar-refractivity contribution in [2.75, 3.05) is 13.2 Å². The summed E-state index contributed by atoms with van der Waals surface area (Å²) in [6, 6.07) is 8.07. The molecule has 1 aromatic carbocycles. The molecule has 0 bridgehead atoms. The summed E-state index contributed by atoms with van der Waals surface area (Å²) in [5.41, 5.74) is 0.881. The Labute approximate surface area is 96.8 Å². The summed E-state index contributed by atoms with van der Waals surface area (Å²) in [6.07, 6.45) is 0.0812. The van der Waals surface area contributed by atoms with Crippen molar-refractivity contribution in [1.29, 1.82) is 0 Å². The zero-order valence-corrected chi connectivity index (χ0v) is 10.1. The molecule has 1 atom stereocenters. The fourth-order valence-electron chi connectivity index (χ4n) is 1.98. The van der Waals surface area contributed by atoms with Crippen molar-refractivity contribution >= 4 is 0 Å². The predicted molar refractivity (Wildman–Crippen MR) is 63.5 cm³/mol.